The SMILES string of the molecule is N#Cc1cnn(-c2ccc(C(=O)NC3(CO)CCCC3)cc2)c1N. The fraction of sp³-hybridized carbons (Fsp3) is 0.353. The quantitative estimate of drug-likeness (QED) is 0.784. The number of carbonyl (C=O) groups excluding carboxylic acids is 1. The Labute approximate surface area is 139 Å². The van der Waals surface area contributed by atoms with Gasteiger partial charge < -0.3 is 16.2 Å². The van der Waals surface area contributed by atoms with Gasteiger partial charge in [-0.2, -0.15) is 10.4 Å². The highest BCUT2D eigenvalue weighted by Gasteiger charge is 2.34. The number of aliphatic hydroxyl groups excluding tert-OH is 1. The topological polar surface area (TPSA) is 117 Å². The van der Waals surface area contributed by atoms with Crippen molar-refractivity contribution in [2.45, 2.75) is 31.2 Å². The second-order valence-electron chi connectivity index (χ2n) is 6.11. The molecular weight excluding hydrogens is 306 g/mol. The molecule has 0 unspecified atom stereocenters. The summed E-state index contributed by atoms with van der Waals surface area (Å²) in [5.41, 5.74) is 6.85. The number of aliphatic hydroxyl groups is 1. The summed E-state index contributed by atoms with van der Waals surface area (Å²) in [4.78, 5) is 12.4. The zero-order valence-corrected chi connectivity index (χ0v) is 13.2. The molecule has 0 bridgehead atoms. The van der Waals surface area contributed by atoms with Crippen molar-refractivity contribution in [1.29, 1.82) is 5.26 Å². The number of nitrogens with two attached hydrogens (primary N) is 1. The largest absolute Gasteiger partial charge is 0.394 e. The third-order valence-corrected chi connectivity index (χ3v) is 4.54. The summed E-state index contributed by atoms with van der Waals surface area (Å²) in [7, 11) is 0. The van der Waals surface area contributed by atoms with E-state index in [0.29, 0.717) is 16.8 Å². The molecule has 1 fully saturated rings. The lowest BCUT2D eigenvalue weighted by Gasteiger charge is -2.28. The number of rotatable bonds is 4. The average Bonchev–Trinajstić information content (AvgIpc) is 3.22. The number of benzene rings is 1. The first-order valence-corrected chi connectivity index (χ1v) is 7.86. The Morgan fingerprint density at radius 2 is 2.04 bits per heavy atom. The first-order chi connectivity index (χ1) is 11.6. The van der Waals surface area contributed by atoms with Crippen molar-refractivity contribution in [3.63, 3.8) is 0 Å². The zero-order chi connectivity index (χ0) is 17.2. The summed E-state index contributed by atoms with van der Waals surface area (Å²) in [6, 6.07) is 8.77. The van der Waals surface area contributed by atoms with Crippen LogP contribution in [0, 0.1) is 11.3 Å². The molecule has 2 aromatic rings. The second kappa shape index (κ2) is 6.34. The number of nitriles is 1. The number of nitrogens with one attached hydrogen (secondary N) is 1. The van der Waals surface area contributed by atoms with E-state index >= 15 is 0 Å². The molecule has 0 atom stereocenters. The lowest BCUT2D eigenvalue weighted by Crippen LogP contribution is -2.49. The number of aromatic nitrogens is 2. The summed E-state index contributed by atoms with van der Waals surface area (Å²) < 4.78 is 1.45. The molecule has 7 nitrogen and oxygen atoms in total. The minimum atomic E-state index is -0.496. The maximum Gasteiger partial charge on any atom is 0.251 e. The third kappa shape index (κ3) is 2.84. The molecule has 4 N–H and O–H groups in total. The number of anilines is 1. The van der Waals surface area contributed by atoms with Crippen LogP contribution in [-0.2, 0) is 0 Å². The normalized spacial score (nSPS) is 15.8. The molecule has 24 heavy (non-hydrogen) atoms. The van der Waals surface area contributed by atoms with Gasteiger partial charge in [-0.3, -0.25) is 4.79 Å². The Morgan fingerprint density at radius 3 is 2.58 bits per heavy atom. The summed E-state index contributed by atoms with van der Waals surface area (Å²) >= 11 is 0. The van der Waals surface area contributed by atoms with Gasteiger partial charge in [0.1, 0.15) is 17.5 Å². The van der Waals surface area contributed by atoms with Gasteiger partial charge in [-0.05, 0) is 37.1 Å². The average molecular weight is 325 g/mol. The Balaban J connectivity index is 1.78. The highest BCUT2D eigenvalue weighted by Crippen LogP contribution is 2.29. The van der Waals surface area contributed by atoms with Crippen LogP contribution in [0.3, 0.4) is 0 Å². The number of hydrogen-bond donors (Lipinski definition) is 3. The molecule has 0 aliphatic heterocycles. The maximum atomic E-state index is 12.4. The Hall–Kier alpha value is -2.85. The maximum absolute atomic E-state index is 12.4. The van der Waals surface area contributed by atoms with Crippen LogP contribution in [0.1, 0.15) is 41.6 Å². The van der Waals surface area contributed by atoms with Crippen LogP contribution in [0.15, 0.2) is 30.5 Å². The predicted octanol–water partition coefficient (Wildman–Crippen LogP) is 1.36. The monoisotopic (exact) mass is 325 g/mol. The number of carbonyl (C=O) groups is 1. The van der Waals surface area contributed by atoms with E-state index in [0.717, 1.165) is 25.7 Å². The standard InChI is InChI=1S/C17H19N5O2/c18-9-13-10-20-22(15(13)19)14-5-3-12(4-6-14)16(24)21-17(11-23)7-1-2-8-17/h3-6,10,23H,1-2,7-8,11,19H2,(H,21,24). The molecule has 1 amide bonds. The minimum absolute atomic E-state index is 0.0441. The van der Waals surface area contributed by atoms with Gasteiger partial charge in [-0.25, -0.2) is 4.68 Å². The molecular formula is C17H19N5O2. The van der Waals surface area contributed by atoms with E-state index in [9.17, 15) is 9.90 Å². The molecule has 0 radical (unpaired) electrons. The lowest BCUT2D eigenvalue weighted by molar-refractivity contribution is 0.0838. The van der Waals surface area contributed by atoms with Crippen molar-refractivity contribution in [2.75, 3.05) is 12.3 Å². The van der Waals surface area contributed by atoms with Gasteiger partial charge in [0, 0.05) is 5.56 Å². The van der Waals surface area contributed by atoms with Gasteiger partial charge in [0.15, 0.2) is 0 Å². The van der Waals surface area contributed by atoms with Crippen LogP contribution < -0.4 is 11.1 Å². The van der Waals surface area contributed by atoms with E-state index in [2.05, 4.69) is 10.4 Å². The molecule has 1 aromatic heterocycles. The van der Waals surface area contributed by atoms with Gasteiger partial charge in [-0.1, -0.05) is 12.8 Å². The van der Waals surface area contributed by atoms with E-state index in [-0.39, 0.29) is 18.3 Å². The number of nitrogen functional groups attached to an aromatic ring is 1. The summed E-state index contributed by atoms with van der Waals surface area (Å²) in [5.74, 6) is 0.0588. The molecule has 3 rings (SSSR count). The molecule has 1 saturated carbocycles. The van der Waals surface area contributed by atoms with E-state index in [1.54, 1.807) is 24.3 Å². The van der Waals surface area contributed by atoms with Crippen molar-refractivity contribution >= 4 is 11.7 Å². The van der Waals surface area contributed by atoms with E-state index in [1.165, 1.54) is 10.9 Å². The molecule has 1 aliphatic rings. The minimum Gasteiger partial charge on any atom is -0.394 e. The highest BCUT2D eigenvalue weighted by atomic mass is 16.3. The summed E-state index contributed by atoms with van der Waals surface area (Å²) in [6.07, 6.45) is 5.03. The Bertz CT molecular complexity index is 782. The smallest absolute Gasteiger partial charge is 0.251 e. The lowest BCUT2D eigenvalue weighted by atomic mass is 9.98. The van der Waals surface area contributed by atoms with Crippen LogP contribution in [0.5, 0.6) is 0 Å². The number of amides is 1. The van der Waals surface area contributed by atoms with E-state index in [1.807, 2.05) is 6.07 Å². The number of hydrogen-bond acceptors (Lipinski definition) is 5. The van der Waals surface area contributed by atoms with Gasteiger partial charge in [0.05, 0.1) is 24.0 Å². The van der Waals surface area contributed by atoms with Crippen molar-refractivity contribution in [3.8, 4) is 11.8 Å². The third-order valence-electron chi connectivity index (χ3n) is 4.54. The molecule has 0 spiro atoms. The van der Waals surface area contributed by atoms with Crippen molar-refractivity contribution in [3.05, 3.63) is 41.6 Å². The van der Waals surface area contributed by atoms with Crippen molar-refractivity contribution in [2.24, 2.45) is 0 Å². The highest BCUT2D eigenvalue weighted by molar-refractivity contribution is 5.95. The fourth-order valence-electron chi connectivity index (χ4n) is 3.09. The molecule has 1 aromatic carbocycles. The van der Waals surface area contributed by atoms with Crippen LogP contribution in [0.2, 0.25) is 0 Å². The second-order valence-corrected chi connectivity index (χ2v) is 6.11. The van der Waals surface area contributed by atoms with Gasteiger partial charge in [-0.15, -0.1) is 0 Å². The van der Waals surface area contributed by atoms with Crippen LogP contribution in [-0.4, -0.2) is 32.9 Å². The van der Waals surface area contributed by atoms with Gasteiger partial charge >= 0.3 is 0 Å². The Morgan fingerprint density at radius 1 is 1.38 bits per heavy atom. The molecule has 0 saturated heterocycles. The van der Waals surface area contributed by atoms with Gasteiger partial charge in [0.25, 0.3) is 5.91 Å². The number of nitrogens with zero attached hydrogens (tertiary/aromatic N) is 3. The van der Waals surface area contributed by atoms with Crippen molar-refractivity contribution in [1.82, 2.24) is 15.1 Å². The first-order valence-electron chi connectivity index (χ1n) is 7.86. The Kier molecular flexibility index (Phi) is 4.23. The van der Waals surface area contributed by atoms with Crippen molar-refractivity contribution < 1.29 is 9.90 Å². The van der Waals surface area contributed by atoms with Crippen LogP contribution >= 0.6 is 0 Å². The van der Waals surface area contributed by atoms with Crippen LogP contribution in [0.25, 0.3) is 5.69 Å². The molecule has 124 valence electrons. The van der Waals surface area contributed by atoms with E-state index in [4.69, 9.17) is 11.0 Å². The van der Waals surface area contributed by atoms with Crippen LogP contribution in [0.4, 0.5) is 5.82 Å². The zero-order valence-electron chi connectivity index (χ0n) is 13.2. The first kappa shape index (κ1) is 16.0. The summed E-state index contributed by atoms with van der Waals surface area (Å²) in [6.45, 7) is -0.0441. The van der Waals surface area contributed by atoms with E-state index < -0.39 is 5.54 Å². The van der Waals surface area contributed by atoms with Gasteiger partial charge in [0.2, 0.25) is 0 Å². The fourth-order valence-corrected chi connectivity index (χ4v) is 3.09. The molecule has 1 heterocycles. The summed E-state index contributed by atoms with van der Waals surface area (Å²) in [5, 5.41) is 25.6. The predicted molar refractivity (Wildman–Crippen MR) is 88.4 cm³/mol. The molecule has 1 aliphatic carbocycles. The molecule has 7 heteroatoms.